The molecule has 0 unspecified atom stereocenters. The van der Waals surface area contributed by atoms with Crippen molar-refractivity contribution < 1.29 is 19.1 Å². The molecule has 23 heavy (non-hydrogen) atoms. The van der Waals surface area contributed by atoms with E-state index >= 15 is 0 Å². The van der Waals surface area contributed by atoms with E-state index in [0.717, 1.165) is 38.4 Å². The van der Waals surface area contributed by atoms with Crippen molar-refractivity contribution >= 4 is 18.0 Å². The van der Waals surface area contributed by atoms with Gasteiger partial charge in [0.15, 0.2) is 0 Å². The first kappa shape index (κ1) is 17.2. The Morgan fingerprint density at radius 2 is 1.96 bits per heavy atom. The summed E-state index contributed by atoms with van der Waals surface area (Å²) in [6, 6.07) is 6.87. The summed E-state index contributed by atoms with van der Waals surface area (Å²) in [5.41, 5.74) is 1.33. The number of nitrogens with one attached hydrogen (secondary N) is 1. The van der Waals surface area contributed by atoms with Gasteiger partial charge in [-0.1, -0.05) is 12.1 Å². The molecule has 1 saturated heterocycles. The van der Waals surface area contributed by atoms with Crippen molar-refractivity contribution in [2.75, 3.05) is 46.5 Å². The second-order valence-electron chi connectivity index (χ2n) is 5.19. The van der Waals surface area contributed by atoms with Gasteiger partial charge in [0.1, 0.15) is 0 Å². The van der Waals surface area contributed by atoms with Gasteiger partial charge in [-0.05, 0) is 23.8 Å². The number of carbonyl (C=O) groups is 2. The largest absolute Gasteiger partial charge is 0.465 e. The molecule has 0 bridgehead atoms. The average Bonchev–Trinajstić information content (AvgIpc) is 2.60. The summed E-state index contributed by atoms with van der Waals surface area (Å²) in [5.74, 6) is -0.503. The molecule has 6 nitrogen and oxygen atoms in total. The molecule has 6 heteroatoms. The number of nitrogens with zero attached hydrogens (tertiary/aromatic N) is 1. The molecule has 0 radical (unpaired) electrons. The van der Waals surface area contributed by atoms with E-state index in [0.29, 0.717) is 12.1 Å². The van der Waals surface area contributed by atoms with Gasteiger partial charge < -0.3 is 14.8 Å². The highest BCUT2D eigenvalue weighted by atomic mass is 16.5. The standard InChI is InChI=1S/C17H22N2O4/c1-22-17(21)15-5-2-14(3-6-15)4-7-16(20)18-8-9-19-10-12-23-13-11-19/h2-7H,8-13H2,1H3,(H,18,20)/b7-4+. The zero-order chi connectivity index (χ0) is 16.5. The Balaban J connectivity index is 1.73. The van der Waals surface area contributed by atoms with Crippen molar-refractivity contribution in [3.05, 3.63) is 41.5 Å². The van der Waals surface area contributed by atoms with Gasteiger partial charge in [0.25, 0.3) is 0 Å². The fourth-order valence-electron chi connectivity index (χ4n) is 2.24. The molecule has 0 aromatic heterocycles. The van der Waals surface area contributed by atoms with Crippen molar-refractivity contribution in [1.82, 2.24) is 10.2 Å². The SMILES string of the molecule is COC(=O)c1ccc(/C=C/C(=O)NCCN2CCOCC2)cc1. The van der Waals surface area contributed by atoms with Crippen LogP contribution in [0, 0.1) is 0 Å². The maximum absolute atomic E-state index is 11.8. The number of ether oxygens (including phenoxy) is 2. The number of amides is 1. The summed E-state index contributed by atoms with van der Waals surface area (Å²) in [4.78, 5) is 25.4. The second-order valence-corrected chi connectivity index (χ2v) is 5.19. The van der Waals surface area contributed by atoms with Gasteiger partial charge >= 0.3 is 5.97 Å². The van der Waals surface area contributed by atoms with E-state index in [-0.39, 0.29) is 11.9 Å². The zero-order valence-corrected chi connectivity index (χ0v) is 13.3. The van der Waals surface area contributed by atoms with Crippen LogP contribution in [0.25, 0.3) is 6.08 Å². The molecular weight excluding hydrogens is 296 g/mol. The molecule has 1 fully saturated rings. The fourth-order valence-corrected chi connectivity index (χ4v) is 2.24. The summed E-state index contributed by atoms with van der Waals surface area (Å²) in [6.45, 7) is 4.79. The number of carbonyl (C=O) groups excluding carboxylic acids is 2. The highest BCUT2D eigenvalue weighted by molar-refractivity contribution is 5.92. The highest BCUT2D eigenvalue weighted by Gasteiger charge is 2.09. The van der Waals surface area contributed by atoms with Crippen LogP contribution in [-0.4, -0.2) is 63.3 Å². The molecule has 1 aromatic carbocycles. The number of benzene rings is 1. The molecule has 0 spiro atoms. The number of esters is 1. The lowest BCUT2D eigenvalue weighted by Crippen LogP contribution is -2.41. The van der Waals surface area contributed by atoms with Crippen molar-refractivity contribution in [2.45, 2.75) is 0 Å². The Morgan fingerprint density at radius 1 is 1.26 bits per heavy atom. The summed E-state index contributed by atoms with van der Waals surface area (Å²) in [7, 11) is 1.34. The van der Waals surface area contributed by atoms with Gasteiger partial charge in [0, 0.05) is 32.3 Å². The van der Waals surface area contributed by atoms with Crippen LogP contribution in [0.15, 0.2) is 30.3 Å². The Morgan fingerprint density at radius 3 is 2.61 bits per heavy atom. The molecule has 0 saturated carbocycles. The minimum atomic E-state index is -0.374. The van der Waals surface area contributed by atoms with Crippen LogP contribution in [0.2, 0.25) is 0 Å². The molecule has 1 amide bonds. The molecule has 1 aliphatic heterocycles. The van der Waals surface area contributed by atoms with Crippen LogP contribution in [0.4, 0.5) is 0 Å². The van der Waals surface area contributed by atoms with Gasteiger partial charge in [0.2, 0.25) is 5.91 Å². The monoisotopic (exact) mass is 318 g/mol. The minimum Gasteiger partial charge on any atom is -0.465 e. The number of morpholine rings is 1. The third kappa shape index (κ3) is 5.84. The van der Waals surface area contributed by atoms with Crippen molar-refractivity contribution in [3.8, 4) is 0 Å². The molecule has 0 atom stereocenters. The molecule has 0 aliphatic carbocycles. The maximum atomic E-state index is 11.8. The van der Waals surface area contributed by atoms with Crippen LogP contribution < -0.4 is 5.32 Å². The van der Waals surface area contributed by atoms with Crippen LogP contribution in [0.5, 0.6) is 0 Å². The van der Waals surface area contributed by atoms with Crippen molar-refractivity contribution in [2.24, 2.45) is 0 Å². The quantitative estimate of drug-likeness (QED) is 0.624. The molecule has 1 aliphatic rings. The van der Waals surface area contributed by atoms with E-state index in [4.69, 9.17) is 4.74 Å². The lowest BCUT2D eigenvalue weighted by molar-refractivity contribution is -0.116. The predicted molar refractivity (Wildman–Crippen MR) is 87.1 cm³/mol. The third-order valence-corrected chi connectivity index (χ3v) is 3.59. The molecular formula is C17H22N2O4. The van der Waals surface area contributed by atoms with Crippen molar-refractivity contribution in [1.29, 1.82) is 0 Å². The van der Waals surface area contributed by atoms with Crippen LogP contribution in [0.1, 0.15) is 15.9 Å². The Hall–Kier alpha value is -2.18. The third-order valence-electron chi connectivity index (χ3n) is 3.59. The summed E-state index contributed by atoms with van der Waals surface area (Å²) in [5, 5.41) is 2.86. The summed E-state index contributed by atoms with van der Waals surface area (Å²) in [6.07, 6.45) is 3.21. The van der Waals surface area contributed by atoms with Crippen molar-refractivity contribution in [3.63, 3.8) is 0 Å². The van der Waals surface area contributed by atoms with E-state index in [2.05, 4.69) is 15.0 Å². The second kappa shape index (κ2) is 9.07. The number of hydrogen-bond acceptors (Lipinski definition) is 5. The van der Waals surface area contributed by atoms with E-state index < -0.39 is 0 Å². The van der Waals surface area contributed by atoms with Gasteiger partial charge in [-0.25, -0.2) is 4.79 Å². The number of hydrogen-bond donors (Lipinski definition) is 1. The number of rotatable bonds is 6. The van der Waals surface area contributed by atoms with E-state index in [9.17, 15) is 9.59 Å². The van der Waals surface area contributed by atoms with Crippen LogP contribution in [0.3, 0.4) is 0 Å². The zero-order valence-electron chi connectivity index (χ0n) is 13.3. The molecule has 1 aromatic rings. The molecule has 2 rings (SSSR count). The minimum absolute atomic E-state index is 0.129. The Bertz CT molecular complexity index is 548. The smallest absolute Gasteiger partial charge is 0.337 e. The normalized spacial score (nSPS) is 15.5. The first-order valence-electron chi connectivity index (χ1n) is 7.63. The van der Waals surface area contributed by atoms with E-state index in [1.165, 1.54) is 13.2 Å². The Kier molecular flexibility index (Phi) is 6.77. The lowest BCUT2D eigenvalue weighted by Gasteiger charge is -2.26. The highest BCUT2D eigenvalue weighted by Crippen LogP contribution is 2.07. The van der Waals surface area contributed by atoms with Gasteiger partial charge in [-0.3, -0.25) is 9.69 Å². The molecule has 1 heterocycles. The Labute approximate surface area is 136 Å². The van der Waals surface area contributed by atoms with Crippen LogP contribution >= 0.6 is 0 Å². The van der Waals surface area contributed by atoms with E-state index in [1.807, 2.05) is 0 Å². The molecule has 124 valence electrons. The maximum Gasteiger partial charge on any atom is 0.337 e. The van der Waals surface area contributed by atoms with Gasteiger partial charge in [0.05, 0.1) is 25.9 Å². The summed E-state index contributed by atoms with van der Waals surface area (Å²) >= 11 is 0. The first-order chi connectivity index (χ1) is 11.2. The first-order valence-corrected chi connectivity index (χ1v) is 7.63. The average molecular weight is 318 g/mol. The van der Waals surface area contributed by atoms with Gasteiger partial charge in [-0.2, -0.15) is 0 Å². The topological polar surface area (TPSA) is 67.9 Å². The van der Waals surface area contributed by atoms with Crippen LogP contribution in [-0.2, 0) is 14.3 Å². The fraction of sp³-hybridized carbons (Fsp3) is 0.412. The molecule has 1 N–H and O–H groups in total. The van der Waals surface area contributed by atoms with Gasteiger partial charge in [-0.15, -0.1) is 0 Å². The lowest BCUT2D eigenvalue weighted by atomic mass is 10.1. The summed E-state index contributed by atoms with van der Waals surface area (Å²) < 4.78 is 9.91. The predicted octanol–water partition coefficient (Wildman–Crippen LogP) is 0.935. The van der Waals surface area contributed by atoms with E-state index in [1.54, 1.807) is 30.3 Å². The number of methoxy groups -OCH3 is 1.